The van der Waals surface area contributed by atoms with E-state index in [4.69, 9.17) is 11.6 Å². The van der Waals surface area contributed by atoms with Gasteiger partial charge in [0.15, 0.2) is 0 Å². The van der Waals surface area contributed by atoms with Crippen LogP contribution in [0.1, 0.15) is 13.3 Å². The molecule has 0 bridgehead atoms. The molecule has 0 saturated carbocycles. The largest absolute Gasteiger partial charge is 0.382 e. The number of halogens is 1. The standard InChI is InChI=1S/C9H13ClN4O2/c1-2-11-7(15)3-4-12-6-5-13-14-9(16)8(6)10/h5H,2-4H2,1H3,(H,11,15)(H2,12,14,16). The Hall–Kier alpha value is -1.56. The third kappa shape index (κ3) is 3.54. The predicted molar refractivity (Wildman–Crippen MR) is 61.7 cm³/mol. The molecule has 7 heteroatoms. The number of H-pyrrole nitrogens is 1. The van der Waals surface area contributed by atoms with E-state index in [-0.39, 0.29) is 10.9 Å². The zero-order chi connectivity index (χ0) is 12.0. The van der Waals surface area contributed by atoms with Crippen molar-refractivity contribution in [2.45, 2.75) is 13.3 Å². The molecule has 6 nitrogen and oxygen atoms in total. The molecule has 1 aromatic heterocycles. The van der Waals surface area contributed by atoms with E-state index in [1.165, 1.54) is 6.20 Å². The summed E-state index contributed by atoms with van der Waals surface area (Å²) in [5, 5.41) is 11.4. The Labute approximate surface area is 97.4 Å². The van der Waals surface area contributed by atoms with Crippen LogP contribution in [0.5, 0.6) is 0 Å². The van der Waals surface area contributed by atoms with Crippen molar-refractivity contribution < 1.29 is 4.79 Å². The Kier molecular flexibility index (Phi) is 4.78. The summed E-state index contributed by atoms with van der Waals surface area (Å²) in [6.07, 6.45) is 1.72. The smallest absolute Gasteiger partial charge is 0.285 e. The minimum Gasteiger partial charge on any atom is -0.382 e. The minimum atomic E-state index is -0.454. The summed E-state index contributed by atoms with van der Waals surface area (Å²) in [5.74, 6) is -0.0519. The van der Waals surface area contributed by atoms with Crippen molar-refractivity contribution in [3.8, 4) is 0 Å². The maximum absolute atomic E-state index is 11.1. The maximum atomic E-state index is 11.1. The van der Waals surface area contributed by atoms with Crippen molar-refractivity contribution in [2.24, 2.45) is 0 Å². The monoisotopic (exact) mass is 244 g/mol. The number of carbonyl (C=O) groups is 1. The van der Waals surface area contributed by atoms with Gasteiger partial charge in [0.2, 0.25) is 5.91 Å². The van der Waals surface area contributed by atoms with Crippen LogP contribution in [-0.4, -0.2) is 29.2 Å². The molecule has 0 spiro atoms. The molecule has 1 aromatic rings. The van der Waals surface area contributed by atoms with Gasteiger partial charge in [0, 0.05) is 19.5 Å². The zero-order valence-corrected chi connectivity index (χ0v) is 9.60. The highest BCUT2D eigenvalue weighted by molar-refractivity contribution is 6.32. The Morgan fingerprint density at radius 3 is 3.06 bits per heavy atom. The molecule has 0 atom stereocenters. The Balaban J connectivity index is 2.46. The molecule has 0 fully saturated rings. The van der Waals surface area contributed by atoms with Crippen LogP contribution in [0.15, 0.2) is 11.0 Å². The van der Waals surface area contributed by atoms with Crippen molar-refractivity contribution >= 4 is 23.2 Å². The van der Waals surface area contributed by atoms with Gasteiger partial charge in [0.05, 0.1) is 11.9 Å². The van der Waals surface area contributed by atoms with E-state index >= 15 is 0 Å². The van der Waals surface area contributed by atoms with Crippen molar-refractivity contribution in [2.75, 3.05) is 18.4 Å². The second-order valence-corrected chi connectivity index (χ2v) is 3.44. The predicted octanol–water partition coefficient (Wildman–Crippen LogP) is 0.361. The fourth-order valence-electron chi connectivity index (χ4n) is 1.10. The summed E-state index contributed by atoms with van der Waals surface area (Å²) in [5.41, 5.74) is -0.0283. The normalized spacial score (nSPS) is 9.88. The van der Waals surface area contributed by atoms with Crippen LogP contribution in [-0.2, 0) is 4.79 Å². The van der Waals surface area contributed by atoms with E-state index in [0.717, 1.165) is 0 Å². The van der Waals surface area contributed by atoms with Crippen molar-refractivity contribution in [1.29, 1.82) is 0 Å². The number of hydrogen-bond acceptors (Lipinski definition) is 4. The van der Waals surface area contributed by atoms with E-state index in [9.17, 15) is 9.59 Å². The molecule has 0 radical (unpaired) electrons. The lowest BCUT2D eigenvalue weighted by Gasteiger charge is -2.06. The molecular weight excluding hydrogens is 232 g/mol. The first-order valence-corrected chi connectivity index (χ1v) is 5.26. The molecule has 88 valence electrons. The molecule has 0 aliphatic heterocycles. The molecule has 0 saturated heterocycles. The van der Waals surface area contributed by atoms with E-state index in [2.05, 4.69) is 20.8 Å². The lowest BCUT2D eigenvalue weighted by Crippen LogP contribution is -2.25. The number of amides is 1. The molecule has 1 rings (SSSR count). The second kappa shape index (κ2) is 6.12. The van der Waals surface area contributed by atoms with Gasteiger partial charge in [-0.05, 0) is 6.92 Å². The second-order valence-electron chi connectivity index (χ2n) is 3.06. The lowest BCUT2D eigenvalue weighted by molar-refractivity contribution is -0.120. The van der Waals surface area contributed by atoms with Crippen LogP contribution in [0.25, 0.3) is 0 Å². The topological polar surface area (TPSA) is 86.9 Å². The van der Waals surface area contributed by atoms with Gasteiger partial charge in [-0.2, -0.15) is 5.10 Å². The van der Waals surface area contributed by atoms with E-state index < -0.39 is 5.56 Å². The minimum absolute atomic E-state index is 0.0471. The van der Waals surface area contributed by atoms with Crippen LogP contribution in [0.4, 0.5) is 5.69 Å². The number of nitrogens with zero attached hydrogens (tertiary/aromatic N) is 1. The average Bonchev–Trinajstić information content (AvgIpc) is 2.25. The summed E-state index contributed by atoms with van der Waals surface area (Å²) in [7, 11) is 0. The molecule has 0 aromatic carbocycles. The Morgan fingerprint density at radius 1 is 1.62 bits per heavy atom. The summed E-state index contributed by atoms with van der Waals surface area (Å²) >= 11 is 5.72. The van der Waals surface area contributed by atoms with Crippen LogP contribution >= 0.6 is 11.6 Å². The molecule has 1 heterocycles. The van der Waals surface area contributed by atoms with E-state index in [1.807, 2.05) is 6.92 Å². The van der Waals surface area contributed by atoms with Gasteiger partial charge >= 0.3 is 0 Å². The van der Waals surface area contributed by atoms with Gasteiger partial charge in [0.25, 0.3) is 5.56 Å². The van der Waals surface area contributed by atoms with Crippen molar-refractivity contribution in [1.82, 2.24) is 15.5 Å². The fourth-order valence-corrected chi connectivity index (χ4v) is 1.26. The first-order valence-electron chi connectivity index (χ1n) is 4.89. The number of anilines is 1. The molecular formula is C9H13ClN4O2. The highest BCUT2D eigenvalue weighted by Crippen LogP contribution is 2.13. The van der Waals surface area contributed by atoms with Crippen molar-refractivity contribution in [3.63, 3.8) is 0 Å². The van der Waals surface area contributed by atoms with Crippen LogP contribution in [0.3, 0.4) is 0 Å². The number of nitrogens with one attached hydrogen (secondary N) is 3. The summed E-state index contributed by atoms with van der Waals surface area (Å²) in [6.45, 7) is 2.85. The van der Waals surface area contributed by atoms with Gasteiger partial charge in [0.1, 0.15) is 5.02 Å². The Bertz CT molecular complexity index is 418. The van der Waals surface area contributed by atoms with Gasteiger partial charge in [-0.15, -0.1) is 0 Å². The maximum Gasteiger partial charge on any atom is 0.285 e. The summed E-state index contributed by atoms with van der Waals surface area (Å²) in [4.78, 5) is 22.2. The molecule has 0 aliphatic carbocycles. The zero-order valence-electron chi connectivity index (χ0n) is 8.84. The quantitative estimate of drug-likeness (QED) is 0.698. The fraction of sp³-hybridized carbons (Fsp3) is 0.444. The first kappa shape index (κ1) is 12.5. The van der Waals surface area contributed by atoms with E-state index in [1.54, 1.807) is 0 Å². The van der Waals surface area contributed by atoms with Gasteiger partial charge < -0.3 is 10.6 Å². The van der Waals surface area contributed by atoms with Crippen molar-refractivity contribution in [3.05, 3.63) is 21.6 Å². The van der Waals surface area contributed by atoms with Gasteiger partial charge in [-0.25, -0.2) is 5.10 Å². The molecule has 3 N–H and O–H groups in total. The number of aromatic amines is 1. The molecule has 0 unspecified atom stereocenters. The molecule has 16 heavy (non-hydrogen) atoms. The number of rotatable bonds is 5. The van der Waals surface area contributed by atoms with Crippen LogP contribution < -0.4 is 16.2 Å². The van der Waals surface area contributed by atoms with Gasteiger partial charge in [-0.3, -0.25) is 9.59 Å². The molecule has 1 amide bonds. The first-order chi connectivity index (χ1) is 7.65. The SMILES string of the molecule is CCNC(=O)CCNc1cn[nH]c(=O)c1Cl. The van der Waals surface area contributed by atoms with E-state index in [0.29, 0.717) is 25.2 Å². The lowest BCUT2D eigenvalue weighted by atomic mass is 10.3. The summed E-state index contributed by atoms with van der Waals surface area (Å²) in [6, 6.07) is 0. The average molecular weight is 245 g/mol. The highest BCUT2D eigenvalue weighted by atomic mass is 35.5. The third-order valence-corrected chi connectivity index (χ3v) is 2.21. The van der Waals surface area contributed by atoms with Crippen LogP contribution in [0, 0.1) is 0 Å². The summed E-state index contributed by atoms with van der Waals surface area (Å²) < 4.78 is 0. The highest BCUT2D eigenvalue weighted by Gasteiger charge is 2.05. The van der Waals surface area contributed by atoms with Crippen LogP contribution in [0.2, 0.25) is 5.02 Å². The Morgan fingerprint density at radius 2 is 2.38 bits per heavy atom. The number of aromatic nitrogens is 2. The molecule has 0 aliphatic rings. The third-order valence-electron chi connectivity index (χ3n) is 1.84. The van der Waals surface area contributed by atoms with Gasteiger partial charge in [-0.1, -0.05) is 11.6 Å². The number of hydrogen-bond donors (Lipinski definition) is 3. The number of carbonyl (C=O) groups excluding carboxylic acids is 1.